The first-order chi connectivity index (χ1) is 7.22. The molecule has 2 rings (SSSR count). The van der Waals surface area contributed by atoms with Crippen LogP contribution >= 0.6 is 23.1 Å². The summed E-state index contributed by atoms with van der Waals surface area (Å²) in [6.07, 6.45) is 1.80. The van der Waals surface area contributed by atoms with E-state index in [1.165, 1.54) is 0 Å². The van der Waals surface area contributed by atoms with E-state index in [1.807, 2.05) is 24.0 Å². The van der Waals surface area contributed by atoms with E-state index in [9.17, 15) is 0 Å². The number of thiazole rings is 1. The summed E-state index contributed by atoms with van der Waals surface area (Å²) in [5, 5.41) is 7.41. The molecule has 80 valence electrons. The Kier molecular flexibility index (Phi) is 3.08. The van der Waals surface area contributed by atoms with Crippen molar-refractivity contribution in [2.45, 2.75) is 22.8 Å². The largest absolute Gasteiger partial charge is 0.326 e. The van der Waals surface area contributed by atoms with Crippen LogP contribution in [0.25, 0.3) is 0 Å². The fourth-order valence-corrected chi connectivity index (χ4v) is 3.15. The zero-order valence-corrected chi connectivity index (χ0v) is 10.2. The van der Waals surface area contributed by atoms with Crippen LogP contribution in [0.5, 0.6) is 0 Å². The van der Waals surface area contributed by atoms with Crippen molar-refractivity contribution < 1.29 is 0 Å². The number of nitrogens with two attached hydrogens (primary N) is 1. The Morgan fingerprint density at radius 1 is 1.60 bits per heavy atom. The van der Waals surface area contributed by atoms with E-state index in [-0.39, 0.29) is 0 Å². The topological polar surface area (TPSA) is 56.7 Å². The molecule has 0 aromatic carbocycles. The van der Waals surface area contributed by atoms with Gasteiger partial charge in [0.1, 0.15) is 5.03 Å². The SMILES string of the molecule is Cc1nn(C)c(Sc2nccs2)c1CN. The van der Waals surface area contributed by atoms with Crippen LogP contribution in [0, 0.1) is 6.92 Å². The molecule has 0 radical (unpaired) electrons. The minimum absolute atomic E-state index is 0.521. The monoisotopic (exact) mass is 240 g/mol. The first kappa shape index (κ1) is 10.7. The number of nitrogens with zero attached hydrogens (tertiary/aromatic N) is 3. The van der Waals surface area contributed by atoms with E-state index in [4.69, 9.17) is 5.73 Å². The van der Waals surface area contributed by atoms with Gasteiger partial charge in [-0.15, -0.1) is 11.3 Å². The van der Waals surface area contributed by atoms with E-state index in [0.717, 1.165) is 20.6 Å². The first-order valence-electron chi connectivity index (χ1n) is 4.52. The van der Waals surface area contributed by atoms with Crippen molar-refractivity contribution >= 4 is 23.1 Å². The van der Waals surface area contributed by atoms with Crippen molar-refractivity contribution in [1.29, 1.82) is 0 Å². The van der Waals surface area contributed by atoms with Crippen LogP contribution in [-0.2, 0) is 13.6 Å². The summed E-state index contributed by atoms with van der Waals surface area (Å²) in [7, 11) is 1.93. The molecule has 0 bridgehead atoms. The summed E-state index contributed by atoms with van der Waals surface area (Å²) in [5.74, 6) is 0. The van der Waals surface area contributed by atoms with Gasteiger partial charge in [0, 0.05) is 30.7 Å². The molecule has 6 heteroatoms. The molecule has 15 heavy (non-hydrogen) atoms. The maximum absolute atomic E-state index is 5.71. The molecule has 0 saturated carbocycles. The summed E-state index contributed by atoms with van der Waals surface area (Å²) in [4.78, 5) is 4.24. The highest BCUT2D eigenvalue weighted by Crippen LogP contribution is 2.32. The lowest BCUT2D eigenvalue weighted by molar-refractivity contribution is 0.688. The van der Waals surface area contributed by atoms with Crippen LogP contribution in [0.2, 0.25) is 0 Å². The summed E-state index contributed by atoms with van der Waals surface area (Å²) in [6.45, 7) is 2.50. The quantitative estimate of drug-likeness (QED) is 0.888. The van der Waals surface area contributed by atoms with Crippen molar-refractivity contribution in [2.75, 3.05) is 0 Å². The Labute approximate surface area is 96.5 Å². The Morgan fingerprint density at radius 3 is 3.00 bits per heavy atom. The van der Waals surface area contributed by atoms with Crippen molar-refractivity contribution in [3.8, 4) is 0 Å². The zero-order chi connectivity index (χ0) is 10.8. The van der Waals surface area contributed by atoms with Crippen LogP contribution in [0.1, 0.15) is 11.3 Å². The second kappa shape index (κ2) is 4.34. The molecule has 0 saturated heterocycles. The van der Waals surface area contributed by atoms with Crippen molar-refractivity contribution in [2.24, 2.45) is 12.8 Å². The number of hydrogen-bond acceptors (Lipinski definition) is 5. The molecule has 0 atom stereocenters. The maximum atomic E-state index is 5.71. The molecule has 0 spiro atoms. The molecule has 0 amide bonds. The molecule has 2 N–H and O–H groups in total. The molecule has 2 heterocycles. The lowest BCUT2D eigenvalue weighted by Gasteiger charge is -2.01. The van der Waals surface area contributed by atoms with Gasteiger partial charge in [0.05, 0.1) is 5.69 Å². The van der Waals surface area contributed by atoms with Crippen LogP contribution in [0.3, 0.4) is 0 Å². The van der Waals surface area contributed by atoms with Crippen LogP contribution in [0.15, 0.2) is 20.9 Å². The van der Waals surface area contributed by atoms with Gasteiger partial charge in [-0.25, -0.2) is 4.98 Å². The fourth-order valence-electron chi connectivity index (χ4n) is 1.39. The van der Waals surface area contributed by atoms with Gasteiger partial charge in [-0.2, -0.15) is 5.10 Å². The molecule has 0 aliphatic carbocycles. The smallest absolute Gasteiger partial charge is 0.156 e. The number of aromatic nitrogens is 3. The van der Waals surface area contributed by atoms with Crippen molar-refractivity contribution in [1.82, 2.24) is 14.8 Å². The lowest BCUT2D eigenvalue weighted by Crippen LogP contribution is -1.99. The third-order valence-electron chi connectivity index (χ3n) is 2.09. The van der Waals surface area contributed by atoms with Gasteiger partial charge in [-0.05, 0) is 18.7 Å². The average molecular weight is 240 g/mol. The third-order valence-corrected chi connectivity index (χ3v) is 4.17. The van der Waals surface area contributed by atoms with Crippen molar-refractivity contribution in [3.63, 3.8) is 0 Å². The van der Waals surface area contributed by atoms with Gasteiger partial charge in [0.25, 0.3) is 0 Å². The van der Waals surface area contributed by atoms with Gasteiger partial charge in [-0.3, -0.25) is 4.68 Å². The van der Waals surface area contributed by atoms with Gasteiger partial charge in [0.2, 0.25) is 0 Å². The predicted octanol–water partition coefficient (Wildman–Crippen LogP) is 1.79. The number of rotatable bonds is 3. The van der Waals surface area contributed by atoms with E-state index in [0.29, 0.717) is 6.54 Å². The Balaban J connectivity index is 2.35. The van der Waals surface area contributed by atoms with Crippen molar-refractivity contribution in [3.05, 3.63) is 22.8 Å². The molecular weight excluding hydrogens is 228 g/mol. The van der Waals surface area contributed by atoms with E-state index < -0.39 is 0 Å². The minimum Gasteiger partial charge on any atom is -0.326 e. The van der Waals surface area contributed by atoms with Crippen LogP contribution in [-0.4, -0.2) is 14.8 Å². The van der Waals surface area contributed by atoms with Gasteiger partial charge in [0.15, 0.2) is 4.34 Å². The fraction of sp³-hybridized carbons (Fsp3) is 0.333. The summed E-state index contributed by atoms with van der Waals surface area (Å²) in [6, 6.07) is 0. The van der Waals surface area contributed by atoms with E-state index in [1.54, 1.807) is 29.3 Å². The summed E-state index contributed by atoms with van der Waals surface area (Å²) >= 11 is 3.25. The zero-order valence-electron chi connectivity index (χ0n) is 8.60. The third kappa shape index (κ3) is 2.06. The molecule has 2 aromatic rings. The molecule has 0 aliphatic heterocycles. The number of aryl methyl sites for hydroxylation is 2. The predicted molar refractivity (Wildman–Crippen MR) is 62.1 cm³/mol. The second-order valence-corrected chi connectivity index (χ2v) is 5.23. The maximum Gasteiger partial charge on any atom is 0.156 e. The Morgan fingerprint density at radius 2 is 2.40 bits per heavy atom. The highest BCUT2D eigenvalue weighted by Gasteiger charge is 2.13. The van der Waals surface area contributed by atoms with Crippen LogP contribution < -0.4 is 5.73 Å². The first-order valence-corrected chi connectivity index (χ1v) is 6.22. The van der Waals surface area contributed by atoms with Crippen LogP contribution in [0.4, 0.5) is 0 Å². The van der Waals surface area contributed by atoms with E-state index in [2.05, 4.69) is 10.1 Å². The highest BCUT2D eigenvalue weighted by molar-refractivity contribution is 8.01. The molecule has 0 aliphatic rings. The normalized spacial score (nSPS) is 10.9. The second-order valence-electron chi connectivity index (χ2n) is 3.10. The Hall–Kier alpha value is -0.850. The van der Waals surface area contributed by atoms with Gasteiger partial charge < -0.3 is 5.73 Å². The Bertz CT molecular complexity index is 447. The average Bonchev–Trinajstić information content (AvgIpc) is 2.77. The van der Waals surface area contributed by atoms with E-state index >= 15 is 0 Å². The summed E-state index contributed by atoms with van der Waals surface area (Å²) < 4.78 is 2.89. The highest BCUT2D eigenvalue weighted by atomic mass is 32.2. The number of hydrogen-bond donors (Lipinski definition) is 1. The minimum atomic E-state index is 0.521. The molecule has 0 unspecified atom stereocenters. The molecule has 2 aromatic heterocycles. The van der Waals surface area contributed by atoms with Gasteiger partial charge in [-0.1, -0.05) is 0 Å². The molecular formula is C9H12N4S2. The molecule has 4 nitrogen and oxygen atoms in total. The summed E-state index contributed by atoms with van der Waals surface area (Å²) in [5.41, 5.74) is 7.82. The molecule has 0 fully saturated rings. The standard InChI is InChI=1S/C9H12N4S2/c1-6-7(5-10)8(13(2)12-6)15-9-11-3-4-14-9/h3-4H,5,10H2,1-2H3. The lowest BCUT2D eigenvalue weighted by atomic mass is 10.3. The van der Waals surface area contributed by atoms with Gasteiger partial charge >= 0.3 is 0 Å².